The van der Waals surface area contributed by atoms with Crippen LogP contribution in [-0.4, -0.2) is 0 Å². The molecule has 0 N–H and O–H groups in total. The van der Waals surface area contributed by atoms with Gasteiger partial charge in [0.15, 0.2) is 0 Å². The van der Waals surface area contributed by atoms with Crippen molar-refractivity contribution in [2.75, 3.05) is 0 Å². The SMILES string of the molecule is C1CCCC1.CC.CC.CC(C)(C)C. The zero-order chi connectivity index (χ0) is 12.0. The quantitative estimate of drug-likeness (QED) is 0.448. The monoisotopic (exact) mass is 202 g/mol. The van der Waals surface area contributed by atoms with Gasteiger partial charge in [0.2, 0.25) is 0 Å². The van der Waals surface area contributed by atoms with Gasteiger partial charge in [0.05, 0.1) is 0 Å². The van der Waals surface area contributed by atoms with Crippen LogP contribution >= 0.6 is 0 Å². The van der Waals surface area contributed by atoms with E-state index in [1.54, 1.807) is 0 Å². The summed E-state index contributed by atoms with van der Waals surface area (Å²) in [4.78, 5) is 0. The van der Waals surface area contributed by atoms with Crippen molar-refractivity contribution in [3.8, 4) is 0 Å². The maximum absolute atomic E-state index is 2.19. The fourth-order valence-corrected chi connectivity index (χ4v) is 0.884. The normalized spacial score (nSPS) is 13.7. The average Bonchev–Trinajstić information content (AvgIpc) is 2.64. The molecule has 1 rings (SSSR count). The van der Waals surface area contributed by atoms with Gasteiger partial charge in [-0.2, -0.15) is 0 Å². The van der Waals surface area contributed by atoms with E-state index in [1.807, 2.05) is 27.7 Å². The molecule has 0 atom stereocenters. The molecule has 0 spiro atoms. The van der Waals surface area contributed by atoms with Gasteiger partial charge in [0.1, 0.15) is 0 Å². The van der Waals surface area contributed by atoms with Crippen molar-refractivity contribution in [1.82, 2.24) is 0 Å². The van der Waals surface area contributed by atoms with Gasteiger partial charge in [0, 0.05) is 0 Å². The fraction of sp³-hybridized carbons (Fsp3) is 1.00. The Kier molecular flexibility index (Phi) is 21.6. The minimum absolute atomic E-state index is 0.500. The molecule has 14 heavy (non-hydrogen) atoms. The molecule has 0 nitrogen and oxygen atoms in total. The Labute approximate surface area is 93.5 Å². The molecule has 0 heterocycles. The zero-order valence-corrected chi connectivity index (χ0v) is 12.0. The molecule has 0 amide bonds. The van der Waals surface area contributed by atoms with Gasteiger partial charge in [0.25, 0.3) is 0 Å². The van der Waals surface area contributed by atoms with Gasteiger partial charge in [-0.05, 0) is 5.41 Å². The summed E-state index contributed by atoms with van der Waals surface area (Å²) in [5.74, 6) is 0. The van der Waals surface area contributed by atoms with Crippen molar-refractivity contribution in [3.63, 3.8) is 0 Å². The average molecular weight is 202 g/mol. The van der Waals surface area contributed by atoms with Crippen LogP contribution < -0.4 is 0 Å². The lowest BCUT2D eigenvalue weighted by Gasteiger charge is -2.05. The lowest BCUT2D eigenvalue weighted by molar-refractivity contribution is 0.469. The minimum atomic E-state index is 0.500. The van der Waals surface area contributed by atoms with Crippen LogP contribution in [0.25, 0.3) is 0 Å². The molecular weight excluding hydrogens is 168 g/mol. The second-order valence-electron chi connectivity index (χ2n) is 4.77. The van der Waals surface area contributed by atoms with E-state index < -0.39 is 0 Å². The summed E-state index contributed by atoms with van der Waals surface area (Å²) in [5, 5.41) is 0. The molecule has 1 fully saturated rings. The molecule has 0 saturated heterocycles. The summed E-state index contributed by atoms with van der Waals surface area (Å²) in [6, 6.07) is 0. The fourth-order valence-electron chi connectivity index (χ4n) is 0.884. The van der Waals surface area contributed by atoms with E-state index in [9.17, 15) is 0 Å². The summed E-state index contributed by atoms with van der Waals surface area (Å²) in [6.07, 6.45) is 7.50. The molecule has 0 aliphatic heterocycles. The third kappa shape index (κ3) is 58.1. The number of hydrogen-bond acceptors (Lipinski definition) is 0. The summed E-state index contributed by atoms with van der Waals surface area (Å²) >= 11 is 0. The maximum Gasteiger partial charge on any atom is -0.0411 e. The van der Waals surface area contributed by atoms with Crippen molar-refractivity contribution in [1.29, 1.82) is 0 Å². The maximum atomic E-state index is 2.19. The van der Waals surface area contributed by atoms with Crippen LogP contribution in [-0.2, 0) is 0 Å². The first kappa shape index (κ1) is 19.6. The Morgan fingerprint density at radius 1 is 0.500 bits per heavy atom. The molecule has 0 heteroatoms. The van der Waals surface area contributed by atoms with Crippen molar-refractivity contribution in [2.45, 2.75) is 87.5 Å². The predicted octanol–water partition coefficient (Wildman–Crippen LogP) is 6.06. The van der Waals surface area contributed by atoms with Gasteiger partial charge in [-0.25, -0.2) is 0 Å². The lowest BCUT2D eigenvalue weighted by atomic mass is 10.0. The van der Waals surface area contributed by atoms with Crippen LogP contribution in [0.15, 0.2) is 0 Å². The molecule has 0 bridgehead atoms. The first-order valence-corrected chi connectivity index (χ1v) is 6.50. The van der Waals surface area contributed by atoms with E-state index >= 15 is 0 Å². The third-order valence-corrected chi connectivity index (χ3v) is 1.25. The van der Waals surface area contributed by atoms with E-state index in [0.717, 1.165) is 0 Å². The number of hydrogen-bond donors (Lipinski definition) is 0. The first-order chi connectivity index (χ1) is 6.50. The molecule has 0 aromatic carbocycles. The van der Waals surface area contributed by atoms with E-state index in [1.165, 1.54) is 32.1 Å². The van der Waals surface area contributed by atoms with Crippen molar-refractivity contribution in [2.24, 2.45) is 5.41 Å². The van der Waals surface area contributed by atoms with Crippen LogP contribution in [0.1, 0.15) is 87.5 Å². The van der Waals surface area contributed by atoms with Crippen LogP contribution in [0, 0.1) is 5.41 Å². The molecule has 0 radical (unpaired) electrons. The van der Waals surface area contributed by atoms with Crippen LogP contribution in [0.2, 0.25) is 0 Å². The van der Waals surface area contributed by atoms with E-state index in [4.69, 9.17) is 0 Å². The smallest absolute Gasteiger partial charge is 0.0411 e. The Morgan fingerprint density at radius 3 is 0.643 bits per heavy atom. The molecule has 90 valence electrons. The summed E-state index contributed by atoms with van der Waals surface area (Å²) in [6.45, 7) is 16.8. The van der Waals surface area contributed by atoms with Crippen molar-refractivity contribution >= 4 is 0 Å². The van der Waals surface area contributed by atoms with Crippen molar-refractivity contribution in [3.05, 3.63) is 0 Å². The van der Waals surface area contributed by atoms with Crippen LogP contribution in [0.5, 0.6) is 0 Å². The molecule has 0 unspecified atom stereocenters. The molecule has 1 aliphatic rings. The highest BCUT2D eigenvalue weighted by Gasteiger charge is 1.95. The molecular formula is C14H34. The van der Waals surface area contributed by atoms with Gasteiger partial charge in [-0.1, -0.05) is 87.5 Å². The van der Waals surface area contributed by atoms with Crippen molar-refractivity contribution < 1.29 is 0 Å². The lowest BCUT2D eigenvalue weighted by Crippen LogP contribution is -1.93. The zero-order valence-electron chi connectivity index (χ0n) is 12.0. The predicted molar refractivity (Wildman–Crippen MR) is 70.9 cm³/mol. The molecule has 1 aliphatic carbocycles. The van der Waals surface area contributed by atoms with Gasteiger partial charge < -0.3 is 0 Å². The second-order valence-corrected chi connectivity index (χ2v) is 4.77. The highest BCUT2D eigenvalue weighted by Crippen LogP contribution is 2.15. The highest BCUT2D eigenvalue weighted by atomic mass is 14.0. The van der Waals surface area contributed by atoms with Gasteiger partial charge in [-0.15, -0.1) is 0 Å². The van der Waals surface area contributed by atoms with Crippen LogP contribution in [0.3, 0.4) is 0 Å². The molecule has 0 aromatic rings. The van der Waals surface area contributed by atoms with E-state index in [0.29, 0.717) is 5.41 Å². The Morgan fingerprint density at radius 2 is 0.571 bits per heavy atom. The standard InChI is InChI=1S/C5H10.C5H12.2C2H6/c1-2-4-5-3-1;1-5(2,3)4;2*1-2/h1-5H2;1-4H3;2*1-2H3. The topological polar surface area (TPSA) is 0 Å². The Hall–Kier alpha value is 0. The second kappa shape index (κ2) is 15.5. The summed E-state index contributed by atoms with van der Waals surface area (Å²) < 4.78 is 0. The van der Waals surface area contributed by atoms with E-state index in [2.05, 4.69) is 27.7 Å². The van der Waals surface area contributed by atoms with Gasteiger partial charge >= 0.3 is 0 Å². The summed E-state index contributed by atoms with van der Waals surface area (Å²) in [7, 11) is 0. The Bertz CT molecular complexity index is 49.0. The Balaban J connectivity index is -0.000000128. The molecule has 1 saturated carbocycles. The highest BCUT2D eigenvalue weighted by molar-refractivity contribution is 4.51. The first-order valence-electron chi connectivity index (χ1n) is 6.50. The number of rotatable bonds is 0. The largest absolute Gasteiger partial charge is 0.0683 e. The van der Waals surface area contributed by atoms with E-state index in [-0.39, 0.29) is 0 Å². The van der Waals surface area contributed by atoms with Gasteiger partial charge in [-0.3, -0.25) is 0 Å². The van der Waals surface area contributed by atoms with Crippen LogP contribution in [0.4, 0.5) is 0 Å². The third-order valence-electron chi connectivity index (χ3n) is 1.25. The molecule has 0 aromatic heterocycles. The summed E-state index contributed by atoms with van der Waals surface area (Å²) in [5.41, 5.74) is 0.500. The minimum Gasteiger partial charge on any atom is -0.0683 e.